The number of hydrogen-bond acceptors (Lipinski definition) is 2. The van der Waals surface area contributed by atoms with Crippen molar-refractivity contribution in [3.05, 3.63) is 58.6 Å². The number of nitrogens with zero attached hydrogens (tertiary/aromatic N) is 1. The molecule has 2 rings (SSSR count). The van der Waals surface area contributed by atoms with Crippen LogP contribution in [0.25, 0.3) is 0 Å². The van der Waals surface area contributed by atoms with Crippen LogP contribution in [0.5, 0.6) is 0 Å². The Morgan fingerprint density at radius 2 is 2.00 bits per heavy atom. The Bertz CT molecular complexity index is 637. The molecule has 0 aliphatic heterocycles. The van der Waals surface area contributed by atoms with Crippen molar-refractivity contribution in [3.63, 3.8) is 0 Å². The Labute approximate surface area is 124 Å². The number of aryl methyl sites for hydroxylation is 1. The number of nitrogens with one attached hydrogen (secondary N) is 1. The van der Waals surface area contributed by atoms with Crippen LogP contribution in [0.2, 0.25) is 5.02 Å². The number of rotatable bonds is 4. The zero-order chi connectivity index (χ0) is 14.7. The highest BCUT2D eigenvalue weighted by atomic mass is 35.5. The third-order valence-electron chi connectivity index (χ3n) is 3.17. The van der Waals surface area contributed by atoms with Crippen LogP contribution in [0.4, 0.5) is 11.4 Å². The maximum absolute atomic E-state index is 7.74. The van der Waals surface area contributed by atoms with Crippen LogP contribution >= 0.6 is 11.6 Å². The minimum atomic E-state index is 0.0219. The minimum Gasteiger partial charge on any atom is -0.384 e. The fourth-order valence-corrected chi connectivity index (χ4v) is 2.42. The number of benzene rings is 2. The summed E-state index contributed by atoms with van der Waals surface area (Å²) in [5.41, 5.74) is 9.51. The number of hydrogen-bond donors (Lipinski definition) is 2. The van der Waals surface area contributed by atoms with Gasteiger partial charge in [0.2, 0.25) is 0 Å². The molecule has 104 valence electrons. The van der Waals surface area contributed by atoms with Crippen molar-refractivity contribution in [2.45, 2.75) is 13.8 Å². The molecular weight excluding hydrogens is 270 g/mol. The third kappa shape index (κ3) is 2.94. The van der Waals surface area contributed by atoms with E-state index in [1.807, 2.05) is 18.2 Å². The van der Waals surface area contributed by atoms with Gasteiger partial charge in [-0.15, -0.1) is 0 Å². The lowest BCUT2D eigenvalue weighted by Gasteiger charge is -2.26. The predicted molar refractivity (Wildman–Crippen MR) is 86.3 cm³/mol. The molecule has 3 N–H and O–H groups in total. The summed E-state index contributed by atoms with van der Waals surface area (Å²) in [5, 5.41) is 8.32. The molecule has 0 radical (unpaired) electrons. The van der Waals surface area contributed by atoms with Crippen LogP contribution in [-0.2, 0) is 0 Å². The van der Waals surface area contributed by atoms with Gasteiger partial charge in [-0.3, -0.25) is 5.41 Å². The maximum Gasteiger partial charge on any atom is 0.124 e. The number of anilines is 2. The van der Waals surface area contributed by atoms with E-state index in [2.05, 4.69) is 36.9 Å². The average Bonchev–Trinajstić information content (AvgIpc) is 2.41. The van der Waals surface area contributed by atoms with Crippen LogP contribution in [0.15, 0.2) is 42.5 Å². The van der Waals surface area contributed by atoms with Crippen molar-refractivity contribution >= 4 is 28.8 Å². The molecule has 0 atom stereocenters. The molecule has 0 spiro atoms. The number of amidine groups is 1. The van der Waals surface area contributed by atoms with Gasteiger partial charge in [-0.2, -0.15) is 0 Å². The van der Waals surface area contributed by atoms with E-state index in [1.165, 1.54) is 5.56 Å². The van der Waals surface area contributed by atoms with E-state index in [1.54, 1.807) is 6.07 Å². The lowest BCUT2D eigenvalue weighted by molar-refractivity contribution is 1.02. The van der Waals surface area contributed by atoms with Crippen molar-refractivity contribution in [1.82, 2.24) is 0 Å². The molecule has 0 bridgehead atoms. The third-order valence-corrected chi connectivity index (χ3v) is 3.40. The van der Waals surface area contributed by atoms with Crippen molar-refractivity contribution < 1.29 is 0 Å². The molecule has 2 aromatic rings. The maximum atomic E-state index is 7.74. The van der Waals surface area contributed by atoms with E-state index in [0.717, 1.165) is 17.9 Å². The van der Waals surface area contributed by atoms with Crippen LogP contribution < -0.4 is 10.6 Å². The van der Waals surface area contributed by atoms with E-state index >= 15 is 0 Å². The molecule has 0 saturated heterocycles. The smallest absolute Gasteiger partial charge is 0.124 e. The molecule has 0 heterocycles. The number of nitrogens with two attached hydrogens (primary N) is 1. The fourth-order valence-electron chi connectivity index (χ4n) is 2.25. The summed E-state index contributed by atoms with van der Waals surface area (Å²) in [4.78, 5) is 2.13. The number of nitrogen functional groups attached to an aromatic ring is 1. The first kappa shape index (κ1) is 14.4. The van der Waals surface area contributed by atoms with Gasteiger partial charge in [0.15, 0.2) is 0 Å². The Morgan fingerprint density at radius 3 is 2.60 bits per heavy atom. The largest absolute Gasteiger partial charge is 0.384 e. The number of halogens is 1. The molecule has 0 amide bonds. The molecule has 0 aromatic heterocycles. The van der Waals surface area contributed by atoms with Gasteiger partial charge in [0.25, 0.3) is 0 Å². The molecule has 0 unspecified atom stereocenters. The summed E-state index contributed by atoms with van der Waals surface area (Å²) in [5.74, 6) is 0.0219. The first-order chi connectivity index (χ1) is 9.52. The Balaban J connectivity index is 2.55. The second-order valence-corrected chi connectivity index (χ2v) is 5.09. The van der Waals surface area contributed by atoms with Gasteiger partial charge in [0.05, 0.1) is 5.69 Å². The highest BCUT2D eigenvalue weighted by Gasteiger charge is 2.14. The Morgan fingerprint density at radius 1 is 1.25 bits per heavy atom. The zero-order valence-corrected chi connectivity index (χ0v) is 12.4. The molecule has 4 heteroatoms. The normalized spacial score (nSPS) is 10.3. The lowest BCUT2D eigenvalue weighted by Crippen LogP contribution is -2.21. The van der Waals surface area contributed by atoms with Crippen molar-refractivity contribution in [1.29, 1.82) is 5.41 Å². The minimum absolute atomic E-state index is 0.0219. The summed E-state index contributed by atoms with van der Waals surface area (Å²) in [6.07, 6.45) is 0. The predicted octanol–water partition coefficient (Wildman–Crippen LogP) is 4.09. The van der Waals surface area contributed by atoms with E-state index in [-0.39, 0.29) is 5.84 Å². The highest BCUT2D eigenvalue weighted by molar-refractivity contribution is 6.31. The first-order valence-electron chi connectivity index (χ1n) is 6.51. The standard InChI is InChI=1S/C16H18ClN3/c1-3-20(13-6-4-5-11(2)9-13)15-8-7-12(17)10-14(15)16(18)19/h4-10H,3H2,1-2H3,(H3,18,19). The molecule has 20 heavy (non-hydrogen) atoms. The zero-order valence-electron chi connectivity index (χ0n) is 11.7. The molecule has 3 nitrogen and oxygen atoms in total. The van der Waals surface area contributed by atoms with Crippen LogP contribution in [0.1, 0.15) is 18.1 Å². The lowest BCUT2D eigenvalue weighted by atomic mass is 10.1. The molecule has 0 fully saturated rings. The quantitative estimate of drug-likeness (QED) is 0.657. The molecular formula is C16H18ClN3. The van der Waals surface area contributed by atoms with Crippen LogP contribution in [0.3, 0.4) is 0 Å². The highest BCUT2D eigenvalue weighted by Crippen LogP contribution is 2.30. The fraction of sp³-hybridized carbons (Fsp3) is 0.188. The van der Waals surface area contributed by atoms with Gasteiger partial charge in [-0.25, -0.2) is 0 Å². The van der Waals surface area contributed by atoms with E-state index in [0.29, 0.717) is 10.6 Å². The summed E-state index contributed by atoms with van der Waals surface area (Å²) in [6, 6.07) is 13.7. The van der Waals surface area contributed by atoms with Gasteiger partial charge in [-0.1, -0.05) is 23.7 Å². The van der Waals surface area contributed by atoms with Gasteiger partial charge >= 0.3 is 0 Å². The monoisotopic (exact) mass is 287 g/mol. The summed E-state index contributed by atoms with van der Waals surface area (Å²) in [6.45, 7) is 4.91. The molecule has 2 aromatic carbocycles. The molecule has 0 saturated carbocycles. The van der Waals surface area contributed by atoms with Gasteiger partial charge in [0, 0.05) is 22.8 Å². The van der Waals surface area contributed by atoms with E-state index in [9.17, 15) is 0 Å². The Kier molecular flexibility index (Phi) is 4.30. The van der Waals surface area contributed by atoms with E-state index in [4.69, 9.17) is 22.7 Å². The Hall–Kier alpha value is -2.00. The van der Waals surface area contributed by atoms with Crippen LogP contribution in [-0.4, -0.2) is 12.4 Å². The van der Waals surface area contributed by atoms with Crippen molar-refractivity contribution in [2.24, 2.45) is 5.73 Å². The second kappa shape index (κ2) is 5.97. The first-order valence-corrected chi connectivity index (χ1v) is 6.89. The van der Waals surface area contributed by atoms with Gasteiger partial charge < -0.3 is 10.6 Å². The second-order valence-electron chi connectivity index (χ2n) is 4.66. The van der Waals surface area contributed by atoms with Crippen LogP contribution in [0, 0.1) is 12.3 Å². The average molecular weight is 288 g/mol. The summed E-state index contributed by atoms with van der Waals surface area (Å²) in [7, 11) is 0. The topological polar surface area (TPSA) is 53.1 Å². The SMILES string of the molecule is CCN(c1cccc(C)c1)c1ccc(Cl)cc1C(=N)N. The van der Waals surface area contributed by atoms with Gasteiger partial charge in [-0.05, 0) is 49.7 Å². The van der Waals surface area contributed by atoms with Crippen molar-refractivity contribution in [3.8, 4) is 0 Å². The summed E-state index contributed by atoms with van der Waals surface area (Å²) < 4.78 is 0. The van der Waals surface area contributed by atoms with E-state index < -0.39 is 0 Å². The molecule has 0 aliphatic rings. The van der Waals surface area contributed by atoms with Gasteiger partial charge in [0.1, 0.15) is 5.84 Å². The van der Waals surface area contributed by atoms with Crippen molar-refractivity contribution in [2.75, 3.05) is 11.4 Å². The summed E-state index contributed by atoms with van der Waals surface area (Å²) >= 11 is 6.01. The molecule has 0 aliphatic carbocycles.